The van der Waals surface area contributed by atoms with Crippen LogP contribution in [0.3, 0.4) is 0 Å². The van der Waals surface area contributed by atoms with Crippen LogP contribution in [0.1, 0.15) is 37.0 Å². The molecule has 0 spiro atoms. The van der Waals surface area contributed by atoms with Crippen LogP contribution in [0.2, 0.25) is 0 Å². The second-order valence-corrected chi connectivity index (χ2v) is 8.19. The van der Waals surface area contributed by atoms with Crippen LogP contribution >= 0.6 is 0 Å². The van der Waals surface area contributed by atoms with Gasteiger partial charge < -0.3 is 10.1 Å². The van der Waals surface area contributed by atoms with Crippen molar-refractivity contribution in [1.29, 1.82) is 0 Å². The zero-order valence-electron chi connectivity index (χ0n) is 14.5. The number of hydrogen-bond donors (Lipinski definition) is 1. The van der Waals surface area contributed by atoms with Gasteiger partial charge in [0.15, 0.2) is 0 Å². The van der Waals surface area contributed by atoms with E-state index < -0.39 is 16.0 Å². The van der Waals surface area contributed by atoms with Crippen molar-refractivity contribution < 1.29 is 22.7 Å². The van der Waals surface area contributed by atoms with E-state index in [1.54, 1.807) is 0 Å². The highest BCUT2D eigenvalue weighted by atomic mass is 32.2. The van der Waals surface area contributed by atoms with Gasteiger partial charge >= 0.3 is 5.97 Å². The van der Waals surface area contributed by atoms with Crippen LogP contribution in [0.4, 0.5) is 0 Å². The molecule has 1 aliphatic heterocycles. The fourth-order valence-electron chi connectivity index (χ4n) is 2.73. The molecule has 0 radical (unpaired) electrons. The second-order valence-electron chi connectivity index (χ2n) is 6.25. The first kappa shape index (κ1) is 19.4. The number of carbonyl (C=O) groups is 2. The minimum absolute atomic E-state index is 0.0597. The lowest BCUT2D eigenvalue weighted by atomic mass is 10.0. The molecule has 138 valence electrons. The molecule has 1 aromatic rings. The molecule has 8 heteroatoms. The minimum atomic E-state index is -3.53. The standard InChI is InChI=1S/C17H24N2O5S/c1-13-4-3-10-19(12-13)25(22,23)16-7-5-15(6-8-16)17(21)24-11-9-18-14(2)20/h5-8,13H,3-4,9-12H2,1-2H3,(H,18,20)/t13-/m1/s1. The number of rotatable bonds is 6. The number of amides is 1. The van der Waals surface area contributed by atoms with E-state index in [2.05, 4.69) is 5.32 Å². The molecule has 1 N–H and O–H groups in total. The monoisotopic (exact) mass is 368 g/mol. The third kappa shape index (κ3) is 5.27. The van der Waals surface area contributed by atoms with Gasteiger partial charge in [0, 0.05) is 20.0 Å². The normalized spacial score (nSPS) is 18.6. The summed E-state index contributed by atoms with van der Waals surface area (Å²) in [4.78, 5) is 22.8. The van der Waals surface area contributed by atoms with E-state index in [9.17, 15) is 18.0 Å². The first-order chi connectivity index (χ1) is 11.8. The molecule has 1 heterocycles. The number of sulfonamides is 1. The molecule has 1 amide bonds. The van der Waals surface area contributed by atoms with Gasteiger partial charge in [0.2, 0.25) is 15.9 Å². The Labute approximate surface area is 148 Å². The molecule has 0 unspecified atom stereocenters. The van der Waals surface area contributed by atoms with E-state index in [-0.39, 0.29) is 29.5 Å². The smallest absolute Gasteiger partial charge is 0.338 e. The molecule has 1 aliphatic rings. The largest absolute Gasteiger partial charge is 0.460 e. The highest BCUT2D eigenvalue weighted by Gasteiger charge is 2.28. The Morgan fingerprint density at radius 1 is 1.28 bits per heavy atom. The number of nitrogens with one attached hydrogen (secondary N) is 1. The second kappa shape index (κ2) is 8.44. The van der Waals surface area contributed by atoms with Crippen LogP contribution in [0.15, 0.2) is 29.2 Å². The average molecular weight is 368 g/mol. The Balaban J connectivity index is 1.98. The Morgan fingerprint density at radius 2 is 1.96 bits per heavy atom. The Morgan fingerprint density at radius 3 is 2.56 bits per heavy atom. The van der Waals surface area contributed by atoms with Crippen LogP contribution in [0, 0.1) is 5.92 Å². The van der Waals surface area contributed by atoms with E-state index in [1.165, 1.54) is 35.5 Å². The first-order valence-corrected chi connectivity index (χ1v) is 9.76. The SMILES string of the molecule is CC(=O)NCCOC(=O)c1ccc(S(=O)(=O)N2CCC[C@@H](C)C2)cc1. The number of carbonyl (C=O) groups excluding carboxylic acids is 2. The van der Waals surface area contributed by atoms with Gasteiger partial charge in [-0.3, -0.25) is 4.79 Å². The molecule has 0 aromatic heterocycles. The summed E-state index contributed by atoms with van der Waals surface area (Å²) < 4.78 is 31.8. The Kier molecular flexibility index (Phi) is 6.55. The highest BCUT2D eigenvalue weighted by Crippen LogP contribution is 2.23. The van der Waals surface area contributed by atoms with E-state index >= 15 is 0 Å². The molecule has 1 saturated heterocycles. The molecule has 1 fully saturated rings. The first-order valence-electron chi connectivity index (χ1n) is 8.32. The summed E-state index contributed by atoms with van der Waals surface area (Å²) in [6.07, 6.45) is 1.90. The molecule has 0 saturated carbocycles. The van der Waals surface area contributed by atoms with Gasteiger partial charge in [0.05, 0.1) is 17.0 Å². The maximum Gasteiger partial charge on any atom is 0.338 e. The van der Waals surface area contributed by atoms with Gasteiger partial charge in [0.1, 0.15) is 6.61 Å². The lowest BCUT2D eigenvalue weighted by Gasteiger charge is -2.30. The van der Waals surface area contributed by atoms with Crippen LogP contribution in [0.25, 0.3) is 0 Å². The number of hydrogen-bond acceptors (Lipinski definition) is 5. The molecule has 1 atom stereocenters. The van der Waals surface area contributed by atoms with Crippen molar-refractivity contribution in [3.05, 3.63) is 29.8 Å². The number of nitrogens with zero attached hydrogens (tertiary/aromatic N) is 1. The fraction of sp³-hybridized carbons (Fsp3) is 0.529. The molecular formula is C17H24N2O5S. The van der Waals surface area contributed by atoms with Crippen molar-refractivity contribution in [2.24, 2.45) is 5.92 Å². The van der Waals surface area contributed by atoms with Crippen molar-refractivity contribution in [1.82, 2.24) is 9.62 Å². The molecule has 2 rings (SSSR count). The van der Waals surface area contributed by atoms with Gasteiger partial charge in [-0.15, -0.1) is 0 Å². The minimum Gasteiger partial charge on any atom is -0.460 e. The van der Waals surface area contributed by atoms with Crippen molar-refractivity contribution >= 4 is 21.9 Å². The van der Waals surface area contributed by atoms with Crippen LogP contribution in [-0.4, -0.2) is 50.8 Å². The predicted molar refractivity (Wildman–Crippen MR) is 92.6 cm³/mol. The number of esters is 1. The zero-order valence-corrected chi connectivity index (χ0v) is 15.3. The zero-order chi connectivity index (χ0) is 18.4. The molecule has 0 aliphatic carbocycles. The summed E-state index contributed by atoms with van der Waals surface area (Å²) in [6.45, 7) is 4.77. The molecule has 1 aromatic carbocycles. The quantitative estimate of drug-likeness (QED) is 0.605. The number of piperidine rings is 1. The number of benzene rings is 1. The van der Waals surface area contributed by atoms with Crippen molar-refractivity contribution in [2.75, 3.05) is 26.2 Å². The topological polar surface area (TPSA) is 92.8 Å². The molecule has 0 bridgehead atoms. The van der Waals surface area contributed by atoms with Crippen molar-refractivity contribution in [2.45, 2.75) is 31.6 Å². The van der Waals surface area contributed by atoms with E-state index in [1.807, 2.05) is 6.92 Å². The highest BCUT2D eigenvalue weighted by molar-refractivity contribution is 7.89. The summed E-state index contributed by atoms with van der Waals surface area (Å²) >= 11 is 0. The van der Waals surface area contributed by atoms with Gasteiger partial charge in [0.25, 0.3) is 0 Å². The lowest BCUT2D eigenvalue weighted by molar-refractivity contribution is -0.119. The number of ether oxygens (including phenoxy) is 1. The van der Waals surface area contributed by atoms with Gasteiger partial charge in [-0.25, -0.2) is 13.2 Å². The van der Waals surface area contributed by atoms with Crippen molar-refractivity contribution in [3.63, 3.8) is 0 Å². The summed E-state index contributed by atoms with van der Waals surface area (Å²) in [5.74, 6) is -0.403. The summed E-state index contributed by atoms with van der Waals surface area (Å²) in [5, 5.41) is 2.52. The summed E-state index contributed by atoms with van der Waals surface area (Å²) in [6, 6.07) is 5.75. The molecular weight excluding hydrogens is 344 g/mol. The lowest BCUT2D eigenvalue weighted by Crippen LogP contribution is -2.39. The van der Waals surface area contributed by atoms with Crippen LogP contribution in [0.5, 0.6) is 0 Å². The van der Waals surface area contributed by atoms with Gasteiger partial charge in [-0.05, 0) is 43.0 Å². The Bertz CT molecular complexity index is 715. The predicted octanol–water partition coefficient (Wildman–Crippen LogP) is 1.40. The van der Waals surface area contributed by atoms with E-state index in [0.29, 0.717) is 19.0 Å². The summed E-state index contributed by atoms with van der Waals surface area (Å²) in [7, 11) is -3.53. The Hall–Kier alpha value is -1.93. The van der Waals surface area contributed by atoms with Crippen molar-refractivity contribution in [3.8, 4) is 0 Å². The molecule has 25 heavy (non-hydrogen) atoms. The summed E-state index contributed by atoms with van der Waals surface area (Å²) in [5.41, 5.74) is 0.272. The third-order valence-electron chi connectivity index (χ3n) is 4.06. The maximum absolute atomic E-state index is 12.7. The third-order valence-corrected chi connectivity index (χ3v) is 5.94. The van der Waals surface area contributed by atoms with E-state index in [4.69, 9.17) is 4.74 Å². The molecule has 7 nitrogen and oxygen atoms in total. The van der Waals surface area contributed by atoms with E-state index in [0.717, 1.165) is 12.8 Å². The van der Waals surface area contributed by atoms with Gasteiger partial charge in [-0.1, -0.05) is 6.92 Å². The van der Waals surface area contributed by atoms with Gasteiger partial charge in [-0.2, -0.15) is 4.31 Å². The van der Waals surface area contributed by atoms with Crippen LogP contribution in [-0.2, 0) is 19.6 Å². The fourth-order valence-corrected chi connectivity index (χ4v) is 4.33. The van der Waals surface area contributed by atoms with Crippen LogP contribution < -0.4 is 5.32 Å². The average Bonchev–Trinajstić information content (AvgIpc) is 2.58. The maximum atomic E-state index is 12.7.